The molecule has 22 heavy (non-hydrogen) atoms. The van der Waals surface area contributed by atoms with E-state index >= 15 is 0 Å². The highest BCUT2D eigenvalue weighted by Crippen LogP contribution is 2.14. The summed E-state index contributed by atoms with van der Waals surface area (Å²) in [6.07, 6.45) is 1.60. The van der Waals surface area contributed by atoms with E-state index in [0.717, 1.165) is 14.7 Å². The second-order valence-corrected chi connectivity index (χ2v) is 6.02. The lowest BCUT2D eigenvalue weighted by Gasteiger charge is -2.05. The molecule has 0 radical (unpaired) electrons. The first-order valence-electron chi connectivity index (χ1n) is 6.53. The van der Waals surface area contributed by atoms with Gasteiger partial charge >= 0.3 is 5.76 Å². The number of carbonyl (C=O) groups excluding carboxylic acids is 1. The molecular formula is C15H12IN3O3. The van der Waals surface area contributed by atoms with Gasteiger partial charge in [-0.05, 0) is 52.4 Å². The Morgan fingerprint density at radius 3 is 2.95 bits per heavy atom. The number of carbonyl (C=O) groups is 1. The molecule has 3 aromatic rings. The van der Waals surface area contributed by atoms with Crippen LogP contribution in [0.3, 0.4) is 0 Å². The first-order valence-corrected chi connectivity index (χ1v) is 7.60. The van der Waals surface area contributed by atoms with E-state index in [-0.39, 0.29) is 5.91 Å². The summed E-state index contributed by atoms with van der Waals surface area (Å²) in [5.41, 5.74) is 2.45. The highest BCUT2D eigenvalue weighted by Gasteiger charge is 2.09. The van der Waals surface area contributed by atoms with Crippen molar-refractivity contribution in [1.82, 2.24) is 14.9 Å². The maximum Gasteiger partial charge on any atom is 0.419 e. The second-order valence-electron chi connectivity index (χ2n) is 4.77. The molecule has 0 unspecified atom stereocenters. The third kappa shape index (κ3) is 2.89. The molecule has 2 heterocycles. The van der Waals surface area contributed by atoms with E-state index in [1.165, 1.54) is 4.57 Å². The fourth-order valence-electron chi connectivity index (χ4n) is 2.09. The Labute approximate surface area is 139 Å². The lowest BCUT2D eigenvalue weighted by Crippen LogP contribution is -2.23. The Morgan fingerprint density at radius 2 is 2.18 bits per heavy atom. The molecule has 0 bridgehead atoms. The maximum atomic E-state index is 12.0. The summed E-state index contributed by atoms with van der Waals surface area (Å²) in [5, 5.41) is 2.80. The molecule has 0 aliphatic heterocycles. The Kier molecular flexibility index (Phi) is 3.97. The minimum atomic E-state index is -0.403. The van der Waals surface area contributed by atoms with Crippen molar-refractivity contribution in [1.29, 1.82) is 0 Å². The van der Waals surface area contributed by atoms with Gasteiger partial charge in [-0.15, -0.1) is 0 Å². The Morgan fingerprint density at radius 1 is 1.36 bits per heavy atom. The van der Waals surface area contributed by atoms with Crippen molar-refractivity contribution in [2.75, 3.05) is 0 Å². The number of rotatable bonds is 3. The van der Waals surface area contributed by atoms with Gasteiger partial charge in [0.1, 0.15) is 5.69 Å². The lowest BCUT2D eigenvalue weighted by atomic mass is 10.2. The molecule has 3 rings (SSSR count). The Bertz CT molecular complexity index is 914. The van der Waals surface area contributed by atoms with Crippen molar-refractivity contribution >= 4 is 39.6 Å². The van der Waals surface area contributed by atoms with Crippen LogP contribution >= 0.6 is 22.6 Å². The van der Waals surface area contributed by atoms with E-state index < -0.39 is 5.76 Å². The molecule has 6 nitrogen and oxygen atoms in total. The van der Waals surface area contributed by atoms with Gasteiger partial charge in [0.2, 0.25) is 0 Å². The fraction of sp³-hybridized carbons (Fsp3) is 0.133. The Balaban J connectivity index is 1.76. The molecule has 1 N–H and O–H groups in total. The van der Waals surface area contributed by atoms with Crippen molar-refractivity contribution in [3.8, 4) is 0 Å². The molecule has 0 atom stereocenters. The first kappa shape index (κ1) is 14.8. The van der Waals surface area contributed by atoms with E-state index in [1.54, 1.807) is 31.4 Å². The van der Waals surface area contributed by atoms with Crippen molar-refractivity contribution in [3.05, 3.63) is 61.9 Å². The number of nitrogens with one attached hydrogen (secondary N) is 1. The molecule has 0 aliphatic carbocycles. The molecule has 1 aromatic carbocycles. The molecule has 7 heteroatoms. The third-order valence-corrected chi connectivity index (χ3v) is 3.94. The predicted octanol–water partition coefficient (Wildman–Crippen LogP) is 2.06. The van der Waals surface area contributed by atoms with Gasteiger partial charge in [-0.2, -0.15) is 0 Å². The molecule has 1 amide bonds. The molecule has 0 saturated heterocycles. The number of oxazole rings is 1. The zero-order chi connectivity index (χ0) is 15.7. The summed E-state index contributed by atoms with van der Waals surface area (Å²) < 4.78 is 7.52. The summed E-state index contributed by atoms with van der Waals surface area (Å²) in [6.45, 7) is 0.334. The highest BCUT2D eigenvalue weighted by molar-refractivity contribution is 14.1. The highest BCUT2D eigenvalue weighted by atomic mass is 127. The number of hydrogen-bond acceptors (Lipinski definition) is 4. The normalized spacial score (nSPS) is 10.8. The SMILES string of the molecule is Cn1c(=O)oc2cc(CNC(=O)c3cc(I)ccn3)ccc21. The van der Waals surface area contributed by atoms with Crippen LogP contribution in [0.2, 0.25) is 0 Å². The third-order valence-electron chi connectivity index (χ3n) is 3.26. The molecule has 0 aliphatic rings. The van der Waals surface area contributed by atoms with Gasteiger partial charge in [0.25, 0.3) is 5.91 Å². The fourth-order valence-corrected chi connectivity index (χ4v) is 2.55. The van der Waals surface area contributed by atoms with Crippen LogP contribution in [-0.2, 0) is 13.6 Å². The number of halogens is 1. The zero-order valence-corrected chi connectivity index (χ0v) is 13.8. The minimum Gasteiger partial charge on any atom is -0.408 e. The standard InChI is InChI=1S/C15H12IN3O3/c1-19-12-3-2-9(6-13(12)22-15(19)21)8-18-14(20)11-7-10(16)4-5-17-11/h2-7H,8H2,1H3,(H,18,20). The van der Waals surface area contributed by atoms with E-state index in [2.05, 4.69) is 32.9 Å². The van der Waals surface area contributed by atoms with Crippen LogP contribution in [0, 0.1) is 3.57 Å². The number of nitrogens with zero attached hydrogens (tertiary/aromatic N) is 2. The summed E-state index contributed by atoms with van der Waals surface area (Å²) in [6, 6.07) is 8.93. The van der Waals surface area contributed by atoms with Crippen LogP contribution in [0.5, 0.6) is 0 Å². The second kappa shape index (κ2) is 5.91. The topological polar surface area (TPSA) is 77.1 Å². The quantitative estimate of drug-likeness (QED) is 0.672. The van der Waals surface area contributed by atoms with Gasteiger partial charge in [0.05, 0.1) is 5.52 Å². The van der Waals surface area contributed by atoms with Gasteiger partial charge in [-0.1, -0.05) is 6.07 Å². The summed E-state index contributed by atoms with van der Waals surface area (Å²) in [5.74, 6) is -0.646. The largest absolute Gasteiger partial charge is 0.419 e. The van der Waals surface area contributed by atoms with Crippen molar-refractivity contribution in [2.24, 2.45) is 7.05 Å². The van der Waals surface area contributed by atoms with Gasteiger partial charge in [-0.3, -0.25) is 14.3 Å². The lowest BCUT2D eigenvalue weighted by molar-refractivity contribution is 0.0946. The van der Waals surface area contributed by atoms with Crippen LogP contribution in [0.4, 0.5) is 0 Å². The Hall–Kier alpha value is -2.16. The predicted molar refractivity (Wildman–Crippen MR) is 89.6 cm³/mol. The van der Waals surface area contributed by atoms with Crippen molar-refractivity contribution < 1.29 is 9.21 Å². The summed E-state index contributed by atoms with van der Waals surface area (Å²) in [7, 11) is 1.65. The van der Waals surface area contributed by atoms with E-state index in [1.807, 2.05) is 12.1 Å². The van der Waals surface area contributed by atoms with Crippen LogP contribution < -0.4 is 11.1 Å². The maximum absolute atomic E-state index is 12.0. The first-order chi connectivity index (χ1) is 10.5. The summed E-state index contributed by atoms with van der Waals surface area (Å²) in [4.78, 5) is 27.5. The van der Waals surface area contributed by atoms with E-state index in [9.17, 15) is 9.59 Å². The average Bonchev–Trinajstić information content (AvgIpc) is 2.79. The molecule has 0 saturated carbocycles. The number of aromatic nitrogens is 2. The molecule has 2 aromatic heterocycles. The van der Waals surface area contributed by atoms with Crippen LogP contribution in [-0.4, -0.2) is 15.5 Å². The van der Waals surface area contributed by atoms with Crippen LogP contribution in [0.1, 0.15) is 16.1 Å². The zero-order valence-electron chi connectivity index (χ0n) is 11.7. The number of amides is 1. The number of benzene rings is 1. The molecule has 0 fully saturated rings. The van der Waals surface area contributed by atoms with Gasteiger partial charge in [0, 0.05) is 23.4 Å². The van der Waals surface area contributed by atoms with E-state index in [0.29, 0.717) is 17.8 Å². The number of fused-ring (bicyclic) bond motifs is 1. The van der Waals surface area contributed by atoms with Crippen molar-refractivity contribution in [3.63, 3.8) is 0 Å². The van der Waals surface area contributed by atoms with Crippen molar-refractivity contribution in [2.45, 2.75) is 6.54 Å². The molecular weight excluding hydrogens is 397 g/mol. The number of hydrogen-bond donors (Lipinski definition) is 1. The van der Waals surface area contributed by atoms with Crippen LogP contribution in [0.15, 0.2) is 45.7 Å². The summed E-state index contributed by atoms with van der Waals surface area (Å²) >= 11 is 2.13. The number of aryl methyl sites for hydroxylation is 1. The van der Waals surface area contributed by atoms with E-state index in [4.69, 9.17) is 4.42 Å². The number of pyridine rings is 1. The van der Waals surface area contributed by atoms with Gasteiger partial charge in [0.15, 0.2) is 5.58 Å². The van der Waals surface area contributed by atoms with Gasteiger partial charge < -0.3 is 9.73 Å². The monoisotopic (exact) mass is 409 g/mol. The molecule has 0 spiro atoms. The molecule has 112 valence electrons. The van der Waals surface area contributed by atoms with Gasteiger partial charge in [-0.25, -0.2) is 4.79 Å². The average molecular weight is 409 g/mol. The minimum absolute atomic E-state index is 0.242. The smallest absolute Gasteiger partial charge is 0.408 e. The van der Waals surface area contributed by atoms with Crippen LogP contribution in [0.25, 0.3) is 11.1 Å².